The van der Waals surface area contributed by atoms with Gasteiger partial charge in [0.25, 0.3) is 5.89 Å². The molecule has 0 fully saturated rings. The molecule has 3 rings (SSSR count). The molecule has 3 aromatic rings. The van der Waals surface area contributed by atoms with Crippen molar-refractivity contribution in [2.45, 2.75) is 19.8 Å². The second-order valence-corrected chi connectivity index (χ2v) is 5.54. The normalized spacial score (nSPS) is 11.0. The van der Waals surface area contributed by atoms with E-state index in [1.54, 1.807) is 12.1 Å². The summed E-state index contributed by atoms with van der Waals surface area (Å²) in [6.07, 6.45) is 1.76. The lowest BCUT2D eigenvalue weighted by atomic mass is 10.2. The number of benzene rings is 1. The van der Waals surface area contributed by atoms with E-state index in [1.807, 2.05) is 0 Å². The van der Waals surface area contributed by atoms with Gasteiger partial charge in [-0.1, -0.05) is 29.8 Å². The Hall–Kier alpha value is -2.28. The predicted octanol–water partition coefficient (Wildman–Crippen LogP) is 3.53. The smallest absolute Gasteiger partial charge is 0.270 e. The number of nitrogens with zero attached hydrogens (tertiary/aromatic N) is 3. The summed E-state index contributed by atoms with van der Waals surface area (Å²) in [5.74, 6) is 0.509. The van der Waals surface area contributed by atoms with Gasteiger partial charge in [-0.3, -0.25) is 0 Å². The van der Waals surface area contributed by atoms with E-state index in [0.717, 1.165) is 23.4 Å². The van der Waals surface area contributed by atoms with Crippen molar-refractivity contribution in [3.05, 3.63) is 35.8 Å². The standard InChI is InChI=1S/C14H13FN4OS/c1-2-3-10-11(21-14(16)17-10)13-18-12(19-20-13)8-4-6-9(15)7-5-8/h4-7H,2-3H2,1H3,(H2,16,17). The Morgan fingerprint density at radius 3 is 2.71 bits per heavy atom. The number of hydrogen-bond donors (Lipinski definition) is 1. The number of rotatable bonds is 4. The van der Waals surface area contributed by atoms with Gasteiger partial charge in [0.05, 0.1) is 5.69 Å². The van der Waals surface area contributed by atoms with Gasteiger partial charge in [0, 0.05) is 5.56 Å². The molecule has 0 aliphatic heterocycles. The fourth-order valence-electron chi connectivity index (χ4n) is 1.98. The van der Waals surface area contributed by atoms with E-state index in [4.69, 9.17) is 10.3 Å². The lowest BCUT2D eigenvalue weighted by Gasteiger charge is -1.94. The first-order chi connectivity index (χ1) is 10.2. The van der Waals surface area contributed by atoms with Gasteiger partial charge in [0.2, 0.25) is 5.82 Å². The van der Waals surface area contributed by atoms with Crippen LogP contribution in [-0.4, -0.2) is 15.1 Å². The summed E-state index contributed by atoms with van der Waals surface area (Å²) in [6, 6.07) is 5.94. The van der Waals surface area contributed by atoms with Crippen LogP contribution >= 0.6 is 11.3 Å². The number of nitrogen functional groups attached to an aromatic ring is 1. The van der Waals surface area contributed by atoms with E-state index in [9.17, 15) is 4.39 Å². The van der Waals surface area contributed by atoms with E-state index < -0.39 is 0 Å². The largest absolute Gasteiger partial charge is 0.375 e. The molecule has 0 unspecified atom stereocenters. The van der Waals surface area contributed by atoms with Crippen molar-refractivity contribution in [2.75, 3.05) is 5.73 Å². The third-order valence-corrected chi connectivity index (χ3v) is 3.84. The SMILES string of the molecule is CCCc1nc(N)sc1-c1nc(-c2ccc(F)cc2)no1. The molecule has 0 spiro atoms. The molecule has 21 heavy (non-hydrogen) atoms. The molecule has 0 amide bonds. The fourth-order valence-corrected chi connectivity index (χ4v) is 2.78. The quantitative estimate of drug-likeness (QED) is 0.797. The first kappa shape index (κ1) is 13.7. The van der Waals surface area contributed by atoms with Crippen LogP contribution in [0.25, 0.3) is 22.2 Å². The van der Waals surface area contributed by atoms with Crippen LogP contribution in [0.3, 0.4) is 0 Å². The van der Waals surface area contributed by atoms with Gasteiger partial charge in [-0.25, -0.2) is 9.37 Å². The molecular weight excluding hydrogens is 291 g/mol. The van der Waals surface area contributed by atoms with Crippen LogP contribution in [0, 0.1) is 5.82 Å². The number of hydrogen-bond acceptors (Lipinski definition) is 6. The van der Waals surface area contributed by atoms with Crippen LogP contribution in [0.15, 0.2) is 28.8 Å². The van der Waals surface area contributed by atoms with Crippen molar-refractivity contribution in [3.63, 3.8) is 0 Å². The third kappa shape index (κ3) is 2.78. The maximum Gasteiger partial charge on any atom is 0.270 e. The number of halogens is 1. The predicted molar refractivity (Wildman–Crippen MR) is 79.2 cm³/mol. The summed E-state index contributed by atoms with van der Waals surface area (Å²) < 4.78 is 18.2. The number of aromatic nitrogens is 3. The summed E-state index contributed by atoms with van der Waals surface area (Å²) >= 11 is 1.33. The topological polar surface area (TPSA) is 77.8 Å². The zero-order valence-corrected chi connectivity index (χ0v) is 12.2. The number of nitrogens with two attached hydrogens (primary N) is 1. The first-order valence-electron chi connectivity index (χ1n) is 6.52. The molecule has 2 aromatic heterocycles. The van der Waals surface area contributed by atoms with Crippen LogP contribution in [-0.2, 0) is 6.42 Å². The molecule has 0 atom stereocenters. The van der Waals surface area contributed by atoms with Crippen LogP contribution in [0.1, 0.15) is 19.0 Å². The highest BCUT2D eigenvalue weighted by Gasteiger charge is 2.18. The minimum Gasteiger partial charge on any atom is -0.375 e. The van der Waals surface area contributed by atoms with Gasteiger partial charge in [-0.05, 0) is 30.7 Å². The zero-order valence-electron chi connectivity index (χ0n) is 11.3. The van der Waals surface area contributed by atoms with Gasteiger partial charge < -0.3 is 10.3 Å². The molecular formula is C14H13FN4OS. The maximum absolute atomic E-state index is 12.9. The summed E-state index contributed by atoms with van der Waals surface area (Å²) in [5, 5.41) is 4.41. The maximum atomic E-state index is 12.9. The van der Waals surface area contributed by atoms with Crippen molar-refractivity contribution in [3.8, 4) is 22.2 Å². The Kier molecular flexibility index (Phi) is 3.66. The van der Waals surface area contributed by atoms with Crippen LogP contribution in [0.2, 0.25) is 0 Å². The van der Waals surface area contributed by atoms with E-state index in [1.165, 1.54) is 23.5 Å². The van der Waals surface area contributed by atoms with Crippen molar-refractivity contribution in [2.24, 2.45) is 0 Å². The second-order valence-electron chi connectivity index (χ2n) is 4.51. The van der Waals surface area contributed by atoms with Crippen molar-refractivity contribution in [1.82, 2.24) is 15.1 Å². The van der Waals surface area contributed by atoms with Gasteiger partial charge in [0.1, 0.15) is 10.7 Å². The average Bonchev–Trinajstić information content (AvgIpc) is 3.07. The van der Waals surface area contributed by atoms with Crippen molar-refractivity contribution >= 4 is 16.5 Å². The molecule has 0 aliphatic rings. The highest BCUT2D eigenvalue weighted by molar-refractivity contribution is 7.18. The lowest BCUT2D eigenvalue weighted by molar-refractivity contribution is 0.432. The Morgan fingerprint density at radius 1 is 1.24 bits per heavy atom. The average molecular weight is 304 g/mol. The first-order valence-corrected chi connectivity index (χ1v) is 7.34. The summed E-state index contributed by atoms with van der Waals surface area (Å²) in [6.45, 7) is 2.07. The lowest BCUT2D eigenvalue weighted by Crippen LogP contribution is -1.88. The van der Waals surface area contributed by atoms with Crippen LogP contribution in [0.4, 0.5) is 9.52 Å². The molecule has 0 radical (unpaired) electrons. The van der Waals surface area contributed by atoms with E-state index in [0.29, 0.717) is 22.4 Å². The molecule has 0 bridgehead atoms. The molecule has 108 valence electrons. The van der Waals surface area contributed by atoms with E-state index >= 15 is 0 Å². The monoisotopic (exact) mass is 304 g/mol. The Bertz CT molecular complexity index is 751. The summed E-state index contributed by atoms with van der Waals surface area (Å²) in [7, 11) is 0. The fraction of sp³-hybridized carbons (Fsp3) is 0.214. The number of aryl methyl sites for hydroxylation is 1. The molecule has 5 nitrogen and oxygen atoms in total. The summed E-state index contributed by atoms with van der Waals surface area (Å²) in [4.78, 5) is 9.44. The Balaban J connectivity index is 1.96. The van der Waals surface area contributed by atoms with E-state index in [-0.39, 0.29) is 5.82 Å². The number of anilines is 1. The van der Waals surface area contributed by atoms with Crippen LogP contribution in [0.5, 0.6) is 0 Å². The highest BCUT2D eigenvalue weighted by atomic mass is 32.1. The van der Waals surface area contributed by atoms with Gasteiger partial charge >= 0.3 is 0 Å². The minimum absolute atomic E-state index is 0.303. The Labute approximate surface area is 124 Å². The molecule has 2 heterocycles. The molecule has 7 heteroatoms. The zero-order chi connectivity index (χ0) is 14.8. The Morgan fingerprint density at radius 2 is 2.00 bits per heavy atom. The molecule has 2 N–H and O–H groups in total. The molecule has 1 aromatic carbocycles. The second kappa shape index (κ2) is 5.61. The molecule has 0 aliphatic carbocycles. The van der Waals surface area contributed by atoms with Gasteiger partial charge in [-0.2, -0.15) is 4.98 Å². The van der Waals surface area contributed by atoms with Gasteiger partial charge in [0.15, 0.2) is 5.13 Å². The molecule has 0 saturated heterocycles. The third-order valence-electron chi connectivity index (χ3n) is 2.92. The van der Waals surface area contributed by atoms with Crippen LogP contribution < -0.4 is 5.73 Å². The summed E-state index contributed by atoms with van der Waals surface area (Å²) in [5.41, 5.74) is 7.32. The highest BCUT2D eigenvalue weighted by Crippen LogP contribution is 2.32. The van der Waals surface area contributed by atoms with Crippen molar-refractivity contribution < 1.29 is 8.91 Å². The van der Waals surface area contributed by atoms with E-state index in [2.05, 4.69) is 22.0 Å². The number of thiazole rings is 1. The molecule has 0 saturated carbocycles. The minimum atomic E-state index is -0.303. The van der Waals surface area contributed by atoms with Gasteiger partial charge in [-0.15, -0.1) is 0 Å². The van der Waals surface area contributed by atoms with Crippen molar-refractivity contribution in [1.29, 1.82) is 0 Å².